The van der Waals surface area contributed by atoms with E-state index in [1.165, 1.54) is 12.8 Å². The summed E-state index contributed by atoms with van der Waals surface area (Å²) in [5, 5.41) is 12.0. The molecule has 0 atom stereocenters. The number of carbonyl (C=O) groups excluding carboxylic acids is 1. The van der Waals surface area contributed by atoms with Crippen molar-refractivity contribution < 1.29 is 9.53 Å². The van der Waals surface area contributed by atoms with Gasteiger partial charge >= 0.3 is 0 Å². The minimum Gasteiger partial charge on any atom is -0.497 e. The van der Waals surface area contributed by atoms with E-state index in [9.17, 15) is 4.79 Å². The molecule has 0 radical (unpaired) electrons. The number of nitrogens with zero attached hydrogens (tertiary/aromatic N) is 1. The molecule has 2 aromatic carbocycles. The van der Waals surface area contributed by atoms with E-state index in [4.69, 9.17) is 4.74 Å². The topological polar surface area (TPSA) is 67.0 Å². The van der Waals surface area contributed by atoms with Gasteiger partial charge in [0.15, 0.2) is 5.82 Å². The maximum absolute atomic E-state index is 12.5. The lowest BCUT2D eigenvalue weighted by Crippen LogP contribution is -2.13. The lowest BCUT2D eigenvalue weighted by Gasteiger charge is -2.08. The number of carbonyl (C=O) groups is 1. The number of aromatic amines is 1. The van der Waals surface area contributed by atoms with Crippen LogP contribution in [-0.2, 0) is 4.79 Å². The van der Waals surface area contributed by atoms with Crippen LogP contribution in [0, 0.1) is 0 Å². The van der Waals surface area contributed by atoms with Crippen LogP contribution in [0.25, 0.3) is 16.3 Å². The van der Waals surface area contributed by atoms with Crippen molar-refractivity contribution in [1.29, 1.82) is 0 Å². The Hall–Kier alpha value is -3.08. The summed E-state index contributed by atoms with van der Waals surface area (Å²) >= 11 is 0. The molecule has 5 heteroatoms. The van der Waals surface area contributed by atoms with E-state index in [-0.39, 0.29) is 5.91 Å². The summed E-state index contributed by atoms with van der Waals surface area (Å²) in [5.74, 6) is 1.67. The third-order valence-corrected chi connectivity index (χ3v) is 4.53. The minimum absolute atomic E-state index is 0.248. The van der Waals surface area contributed by atoms with Crippen LogP contribution in [0.3, 0.4) is 0 Å². The molecule has 4 rings (SSSR count). The van der Waals surface area contributed by atoms with Crippen LogP contribution in [-0.4, -0.2) is 23.2 Å². The van der Waals surface area contributed by atoms with Crippen molar-refractivity contribution in [2.24, 2.45) is 0 Å². The minimum atomic E-state index is -0.248. The zero-order chi connectivity index (χ0) is 17.4. The number of methoxy groups -OCH3 is 1. The molecule has 1 amide bonds. The molecule has 0 saturated heterocycles. The molecule has 1 aliphatic carbocycles. The second kappa shape index (κ2) is 6.09. The molecule has 3 aromatic rings. The Bertz CT molecular complexity index is 970. The van der Waals surface area contributed by atoms with Crippen molar-refractivity contribution in [2.45, 2.75) is 18.8 Å². The van der Waals surface area contributed by atoms with E-state index in [1.807, 2.05) is 42.5 Å². The molecule has 0 aliphatic heterocycles. The number of rotatable bonds is 5. The fraction of sp³-hybridized carbons (Fsp3) is 0.200. The second-order valence-electron chi connectivity index (χ2n) is 6.34. The highest BCUT2D eigenvalue weighted by molar-refractivity contribution is 6.24. The first-order valence-corrected chi connectivity index (χ1v) is 8.28. The van der Waals surface area contributed by atoms with Gasteiger partial charge in [0.2, 0.25) is 0 Å². The quantitative estimate of drug-likeness (QED) is 0.691. The van der Waals surface area contributed by atoms with Gasteiger partial charge in [0.25, 0.3) is 5.91 Å². The van der Waals surface area contributed by atoms with Crippen LogP contribution in [0.4, 0.5) is 5.82 Å². The van der Waals surface area contributed by atoms with Crippen LogP contribution in [0.2, 0.25) is 0 Å². The number of amides is 1. The number of hydrogen-bond donors (Lipinski definition) is 2. The van der Waals surface area contributed by atoms with Crippen LogP contribution >= 0.6 is 0 Å². The molecule has 1 heterocycles. The van der Waals surface area contributed by atoms with Gasteiger partial charge in [-0.25, -0.2) is 0 Å². The average molecular weight is 333 g/mol. The SMILES string of the molecule is C=C(C(=O)Nc1cc(C2CC2)[nH]n1)c1ccc2cc(OC)ccc2c1. The largest absolute Gasteiger partial charge is 0.497 e. The van der Waals surface area contributed by atoms with Crippen LogP contribution in [0.5, 0.6) is 5.75 Å². The molecule has 2 N–H and O–H groups in total. The molecule has 5 nitrogen and oxygen atoms in total. The number of benzene rings is 2. The van der Waals surface area contributed by atoms with E-state index in [2.05, 4.69) is 22.1 Å². The normalized spacial score (nSPS) is 13.6. The summed E-state index contributed by atoms with van der Waals surface area (Å²) in [6.07, 6.45) is 2.37. The molecular weight excluding hydrogens is 314 g/mol. The monoisotopic (exact) mass is 333 g/mol. The molecule has 1 saturated carbocycles. The lowest BCUT2D eigenvalue weighted by atomic mass is 10.0. The molecule has 25 heavy (non-hydrogen) atoms. The molecule has 0 unspecified atom stereocenters. The molecule has 0 spiro atoms. The Morgan fingerprint density at radius 3 is 2.72 bits per heavy atom. The lowest BCUT2D eigenvalue weighted by molar-refractivity contribution is -0.111. The first kappa shape index (κ1) is 15.4. The number of nitrogens with one attached hydrogen (secondary N) is 2. The van der Waals surface area contributed by atoms with E-state index >= 15 is 0 Å². The Morgan fingerprint density at radius 1 is 1.20 bits per heavy atom. The van der Waals surface area contributed by atoms with Crippen LogP contribution in [0.15, 0.2) is 49.0 Å². The van der Waals surface area contributed by atoms with Crippen molar-refractivity contribution in [1.82, 2.24) is 10.2 Å². The number of ether oxygens (including phenoxy) is 1. The van der Waals surface area contributed by atoms with Gasteiger partial charge in [-0.2, -0.15) is 5.10 Å². The predicted molar refractivity (Wildman–Crippen MR) is 98.7 cm³/mol. The third-order valence-electron chi connectivity index (χ3n) is 4.53. The molecule has 1 aromatic heterocycles. The maximum Gasteiger partial charge on any atom is 0.256 e. The van der Waals surface area contributed by atoms with E-state index in [1.54, 1.807) is 7.11 Å². The second-order valence-corrected chi connectivity index (χ2v) is 6.34. The van der Waals surface area contributed by atoms with Gasteiger partial charge in [0, 0.05) is 23.3 Å². The summed E-state index contributed by atoms with van der Waals surface area (Å²) in [6, 6.07) is 13.5. The van der Waals surface area contributed by atoms with Crippen molar-refractivity contribution in [3.05, 3.63) is 60.3 Å². The Morgan fingerprint density at radius 2 is 1.96 bits per heavy atom. The first-order valence-electron chi connectivity index (χ1n) is 8.28. The van der Waals surface area contributed by atoms with Crippen LogP contribution in [0.1, 0.15) is 30.0 Å². The summed E-state index contributed by atoms with van der Waals surface area (Å²) < 4.78 is 5.24. The fourth-order valence-corrected chi connectivity index (χ4v) is 2.87. The molecule has 1 aliphatic rings. The smallest absolute Gasteiger partial charge is 0.256 e. The van der Waals surface area contributed by atoms with Crippen molar-refractivity contribution >= 4 is 28.1 Å². The Kier molecular flexibility index (Phi) is 3.76. The van der Waals surface area contributed by atoms with Gasteiger partial charge in [-0.15, -0.1) is 0 Å². The van der Waals surface area contributed by atoms with Crippen molar-refractivity contribution in [2.75, 3.05) is 12.4 Å². The van der Waals surface area contributed by atoms with Gasteiger partial charge < -0.3 is 10.1 Å². The standard InChI is InChI=1S/C20H19N3O2/c1-12(20(24)21-19-11-18(22-23-19)13-3-4-13)14-5-6-16-10-17(25-2)8-7-15(16)9-14/h5-11,13H,1,3-4H2,2H3,(H2,21,22,23,24). The maximum atomic E-state index is 12.5. The van der Waals surface area contributed by atoms with Crippen LogP contribution < -0.4 is 10.1 Å². The average Bonchev–Trinajstić information content (AvgIpc) is 3.39. The zero-order valence-electron chi connectivity index (χ0n) is 14.0. The van der Waals surface area contributed by atoms with Gasteiger partial charge in [0.1, 0.15) is 5.75 Å². The van der Waals surface area contributed by atoms with Gasteiger partial charge in [-0.3, -0.25) is 9.89 Å². The fourth-order valence-electron chi connectivity index (χ4n) is 2.87. The summed E-state index contributed by atoms with van der Waals surface area (Å²) in [4.78, 5) is 12.5. The zero-order valence-corrected chi connectivity index (χ0v) is 14.0. The van der Waals surface area contributed by atoms with Gasteiger partial charge in [-0.1, -0.05) is 24.8 Å². The predicted octanol–water partition coefficient (Wildman–Crippen LogP) is 4.10. The molecule has 126 valence electrons. The van der Waals surface area contributed by atoms with Gasteiger partial charge in [0.05, 0.1) is 7.11 Å². The highest BCUT2D eigenvalue weighted by Gasteiger charge is 2.25. The van der Waals surface area contributed by atoms with Crippen molar-refractivity contribution in [3.63, 3.8) is 0 Å². The molecular formula is C20H19N3O2. The van der Waals surface area contributed by atoms with Crippen molar-refractivity contribution in [3.8, 4) is 5.75 Å². The Balaban J connectivity index is 1.52. The highest BCUT2D eigenvalue weighted by atomic mass is 16.5. The first-order chi connectivity index (χ1) is 12.1. The van der Waals surface area contributed by atoms with Gasteiger partial charge in [-0.05, 0) is 47.4 Å². The number of anilines is 1. The molecule has 1 fully saturated rings. The molecule has 0 bridgehead atoms. The van der Waals surface area contributed by atoms with E-state index < -0.39 is 0 Å². The number of hydrogen-bond acceptors (Lipinski definition) is 3. The van der Waals surface area contributed by atoms with E-state index in [0.717, 1.165) is 27.8 Å². The number of H-pyrrole nitrogens is 1. The number of aromatic nitrogens is 2. The summed E-state index contributed by atoms with van der Waals surface area (Å²) in [7, 11) is 1.64. The highest BCUT2D eigenvalue weighted by Crippen LogP contribution is 2.39. The van der Waals surface area contributed by atoms with E-state index in [0.29, 0.717) is 17.3 Å². The third kappa shape index (κ3) is 3.13. The number of fused-ring (bicyclic) bond motifs is 1. The summed E-state index contributed by atoms with van der Waals surface area (Å²) in [6.45, 7) is 3.94. The Labute approximate surface area is 145 Å². The summed E-state index contributed by atoms with van der Waals surface area (Å²) in [5.41, 5.74) is 2.28.